The van der Waals surface area contributed by atoms with E-state index in [0.29, 0.717) is 6.42 Å². The smallest absolute Gasteiger partial charge is 0.116 e. The third-order valence-corrected chi connectivity index (χ3v) is 1.52. The van der Waals surface area contributed by atoms with Crippen LogP contribution >= 0.6 is 0 Å². The molecule has 0 aliphatic heterocycles. The zero-order valence-electron chi connectivity index (χ0n) is 6.54. The number of rotatable bonds is 2. The molecule has 0 aromatic heterocycles. The Bertz CT molecular complexity index is 223. The minimum Gasteiger partial charge on any atom is -0.508 e. The maximum absolute atomic E-state index is 9.14. The van der Waals surface area contributed by atoms with Gasteiger partial charge in [-0.25, -0.2) is 0 Å². The molecule has 0 aliphatic carbocycles. The van der Waals surface area contributed by atoms with Crippen LogP contribution in [0.5, 0.6) is 5.75 Å². The SMILES string of the molecule is Cc1cc(O)cc(CCO)c1. The van der Waals surface area contributed by atoms with Gasteiger partial charge < -0.3 is 10.2 Å². The standard InChI is InChI=1S/C9H12O2/c1-7-4-8(2-3-10)6-9(11)5-7/h4-6,10-11H,2-3H2,1H3. The van der Waals surface area contributed by atoms with E-state index in [1.165, 1.54) is 0 Å². The first-order valence-electron chi connectivity index (χ1n) is 3.63. The number of aliphatic hydroxyl groups is 1. The molecule has 0 atom stereocenters. The Labute approximate surface area is 66.1 Å². The molecule has 11 heavy (non-hydrogen) atoms. The second-order valence-corrected chi connectivity index (χ2v) is 2.65. The predicted octanol–water partition coefficient (Wildman–Crippen LogP) is 1.24. The van der Waals surface area contributed by atoms with Crippen molar-refractivity contribution in [1.82, 2.24) is 0 Å². The van der Waals surface area contributed by atoms with Crippen molar-refractivity contribution in [3.05, 3.63) is 29.3 Å². The van der Waals surface area contributed by atoms with Crippen molar-refractivity contribution in [2.45, 2.75) is 13.3 Å². The zero-order chi connectivity index (χ0) is 8.27. The van der Waals surface area contributed by atoms with Gasteiger partial charge in [0.25, 0.3) is 0 Å². The molecule has 0 unspecified atom stereocenters. The van der Waals surface area contributed by atoms with Gasteiger partial charge in [-0.15, -0.1) is 0 Å². The normalized spacial score (nSPS) is 10.0. The summed E-state index contributed by atoms with van der Waals surface area (Å²) in [6, 6.07) is 5.32. The lowest BCUT2D eigenvalue weighted by Gasteiger charge is -2.00. The van der Waals surface area contributed by atoms with Crippen LogP contribution in [0.25, 0.3) is 0 Å². The molecule has 2 nitrogen and oxygen atoms in total. The summed E-state index contributed by atoms with van der Waals surface area (Å²) in [6.45, 7) is 2.05. The lowest BCUT2D eigenvalue weighted by Crippen LogP contribution is -1.90. The summed E-state index contributed by atoms with van der Waals surface area (Å²) in [6.07, 6.45) is 0.606. The molecular weight excluding hydrogens is 140 g/mol. The summed E-state index contributed by atoms with van der Waals surface area (Å²) in [5.74, 6) is 0.272. The monoisotopic (exact) mass is 152 g/mol. The molecule has 0 saturated carbocycles. The fraction of sp³-hybridized carbons (Fsp3) is 0.333. The highest BCUT2D eigenvalue weighted by molar-refractivity contribution is 5.32. The molecule has 1 aromatic carbocycles. The lowest BCUT2D eigenvalue weighted by atomic mass is 10.1. The number of aromatic hydroxyl groups is 1. The van der Waals surface area contributed by atoms with Gasteiger partial charge in [-0.05, 0) is 36.6 Å². The molecule has 0 heterocycles. The molecule has 0 radical (unpaired) electrons. The van der Waals surface area contributed by atoms with Gasteiger partial charge in [-0.1, -0.05) is 6.07 Å². The average Bonchev–Trinajstić information content (AvgIpc) is 1.85. The largest absolute Gasteiger partial charge is 0.508 e. The Kier molecular flexibility index (Phi) is 2.49. The highest BCUT2D eigenvalue weighted by Crippen LogP contribution is 2.14. The molecular formula is C9H12O2. The topological polar surface area (TPSA) is 40.5 Å². The number of hydrogen-bond acceptors (Lipinski definition) is 2. The fourth-order valence-corrected chi connectivity index (χ4v) is 1.11. The van der Waals surface area contributed by atoms with E-state index < -0.39 is 0 Å². The molecule has 2 N–H and O–H groups in total. The summed E-state index contributed by atoms with van der Waals surface area (Å²) in [4.78, 5) is 0. The first kappa shape index (κ1) is 8.08. The van der Waals surface area contributed by atoms with Crippen molar-refractivity contribution in [1.29, 1.82) is 0 Å². The van der Waals surface area contributed by atoms with Gasteiger partial charge in [-0.2, -0.15) is 0 Å². The van der Waals surface area contributed by atoms with Crippen LogP contribution in [0, 0.1) is 6.92 Å². The highest BCUT2D eigenvalue weighted by atomic mass is 16.3. The van der Waals surface area contributed by atoms with Crippen LogP contribution in [0.2, 0.25) is 0 Å². The molecule has 2 heteroatoms. The Hall–Kier alpha value is -1.02. The second-order valence-electron chi connectivity index (χ2n) is 2.65. The summed E-state index contributed by atoms with van der Waals surface area (Å²) < 4.78 is 0. The summed E-state index contributed by atoms with van der Waals surface area (Å²) in [7, 11) is 0. The van der Waals surface area contributed by atoms with E-state index in [4.69, 9.17) is 10.2 Å². The van der Waals surface area contributed by atoms with Crippen LogP contribution in [0.1, 0.15) is 11.1 Å². The number of aliphatic hydroxyl groups excluding tert-OH is 1. The van der Waals surface area contributed by atoms with Crippen molar-refractivity contribution in [3.8, 4) is 5.75 Å². The van der Waals surface area contributed by atoms with Crippen LogP contribution < -0.4 is 0 Å². The third-order valence-electron chi connectivity index (χ3n) is 1.52. The Morgan fingerprint density at radius 2 is 2.00 bits per heavy atom. The molecule has 0 amide bonds. The Morgan fingerprint density at radius 1 is 1.27 bits per heavy atom. The van der Waals surface area contributed by atoms with Gasteiger partial charge in [0.2, 0.25) is 0 Å². The van der Waals surface area contributed by atoms with E-state index >= 15 is 0 Å². The quantitative estimate of drug-likeness (QED) is 0.669. The van der Waals surface area contributed by atoms with Gasteiger partial charge in [0.15, 0.2) is 0 Å². The van der Waals surface area contributed by atoms with Crippen molar-refractivity contribution < 1.29 is 10.2 Å². The van der Waals surface area contributed by atoms with Gasteiger partial charge in [0.05, 0.1) is 0 Å². The number of phenols is 1. The second kappa shape index (κ2) is 3.39. The van der Waals surface area contributed by atoms with E-state index in [2.05, 4.69) is 0 Å². The van der Waals surface area contributed by atoms with E-state index in [1.54, 1.807) is 12.1 Å². The summed E-state index contributed by atoms with van der Waals surface area (Å²) in [5, 5.41) is 17.8. The van der Waals surface area contributed by atoms with Gasteiger partial charge >= 0.3 is 0 Å². The molecule has 0 bridgehead atoms. The van der Waals surface area contributed by atoms with Gasteiger partial charge in [-0.3, -0.25) is 0 Å². The first-order chi connectivity index (χ1) is 5.22. The van der Waals surface area contributed by atoms with Crippen molar-refractivity contribution in [2.24, 2.45) is 0 Å². The summed E-state index contributed by atoms with van der Waals surface area (Å²) >= 11 is 0. The number of benzene rings is 1. The number of hydrogen-bond donors (Lipinski definition) is 2. The highest BCUT2D eigenvalue weighted by Gasteiger charge is 1.95. The van der Waals surface area contributed by atoms with Crippen LogP contribution in [-0.2, 0) is 6.42 Å². The lowest BCUT2D eigenvalue weighted by molar-refractivity contribution is 0.299. The zero-order valence-corrected chi connectivity index (χ0v) is 6.54. The van der Waals surface area contributed by atoms with E-state index in [9.17, 15) is 0 Å². The van der Waals surface area contributed by atoms with Crippen molar-refractivity contribution >= 4 is 0 Å². The van der Waals surface area contributed by atoms with E-state index in [1.807, 2.05) is 13.0 Å². The molecule has 1 rings (SSSR count). The first-order valence-corrected chi connectivity index (χ1v) is 3.63. The molecule has 0 saturated heterocycles. The third kappa shape index (κ3) is 2.24. The Morgan fingerprint density at radius 3 is 2.55 bits per heavy atom. The van der Waals surface area contributed by atoms with Gasteiger partial charge in [0, 0.05) is 6.61 Å². The molecule has 60 valence electrons. The van der Waals surface area contributed by atoms with E-state index in [-0.39, 0.29) is 12.4 Å². The Balaban J connectivity index is 2.89. The molecule has 0 fully saturated rings. The predicted molar refractivity (Wildman–Crippen MR) is 43.6 cm³/mol. The van der Waals surface area contributed by atoms with Crippen LogP contribution in [0.4, 0.5) is 0 Å². The maximum atomic E-state index is 9.14. The maximum Gasteiger partial charge on any atom is 0.116 e. The molecule has 1 aromatic rings. The number of phenolic OH excluding ortho intramolecular Hbond substituents is 1. The minimum absolute atomic E-state index is 0.128. The average molecular weight is 152 g/mol. The van der Waals surface area contributed by atoms with Gasteiger partial charge in [0.1, 0.15) is 5.75 Å². The summed E-state index contributed by atoms with van der Waals surface area (Å²) in [5.41, 5.74) is 2.00. The minimum atomic E-state index is 0.128. The van der Waals surface area contributed by atoms with Crippen molar-refractivity contribution in [2.75, 3.05) is 6.61 Å². The van der Waals surface area contributed by atoms with Crippen molar-refractivity contribution in [3.63, 3.8) is 0 Å². The van der Waals surface area contributed by atoms with Crippen LogP contribution in [0.3, 0.4) is 0 Å². The molecule has 0 spiro atoms. The van der Waals surface area contributed by atoms with Crippen LogP contribution in [0.15, 0.2) is 18.2 Å². The fourth-order valence-electron chi connectivity index (χ4n) is 1.11. The van der Waals surface area contributed by atoms with Crippen LogP contribution in [-0.4, -0.2) is 16.8 Å². The number of aryl methyl sites for hydroxylation is 1. The van der Waals surface area contributed by atoms with E-state index in [0.717, 1.165) is 11.1 Å². The molecule has 0 aliphatic rings.